The van der Waals surface area contributed by atoms with E-state index in [4.69, 9.17) is 9.47 Å². The number of aliphatic hydroxyl groups excluding tert-OH is 2. The Hall–Kier alpha value is -2.18. The van der Waals surface area contributed by atoms with Gasteiger partial charge in [-0.15, -0.1) is 0 Å². The van der Waals surface area contributed by atoms with Crippen molar-refractivity contribution in [1.82, 2.24) is 0 Å². The monoisotopic (exact) mass is 759 g/mol. The van der Waals surface area contributed by atoms with Crippen LogP contribution in [0.1, 0.15) is 213 Å². The molecular weight excluding hydrogens is 673 g/mol. The molecule has 0 aliphatic carbocycles. The highest BCUT2D eigenvalue weighted by atomic mass is 16.6. The van der Waals surface area contributed by atoms with Crippen LogP contribution in [0.25, 0.3) is 0 Å². The minimum atomic E-state index is -0.999. The summed E-state index contributed by atoms with van der Waals surface area (Å²) in [6.45, 7) is 6.54. The summed E-state index contributed by atoms with van der Waals surface area (Å²) in [6.07, 6.45) is 49.3. The standard InChI is InChI=1S/C48H86O6/c1-4-6-32-38-45(49)39-34-29-25-21-17-15-19-23-27-31-36-41-48(52)54-43-46(50)42-53-47(51)40-35-30-26-22-18-14-12-10-8-7-9-11-13-16-20-24-28-33-37-44(3)5-2/h15,17,23,25,27,29,34,39,44-46,49-50H,4-14,16,18-22,24,26,28,30-33,35-38,40-43H2,1-3H3/b17-15-,27-23-,29-25-,39-34+/t44?,45-,46-/m1/s1. The Morgan fingerprint density at radius 2 is 0.963 bits per heavy atom. The molecule has 3 atom stereocenters. The Kier molecular flexibility index (Phi) is 40.3. The van der Waals surface area contributed by atoms with Crippen LogP contribution in [0.3, 0.4) is 0 Å². The lowest BCUT2D eigenvalue weighted by molar-refractivity contribution is -0.152. The fourth-order valence-corrected chi connectivity index (χ4v) is 6.34. The van der Waals surface area contributed by atoms with E-state index in [0.29, 0.717) is 12.8 Å². The molecule has 0 saturated heterocycles. The average molecular weight is 759 g/mol. The van der Waals surface area contributed by atoms with Crippen LogP contribution in [0.5, 0.6) is 0 Å². The van der Waals surface area contributed by atoms with E-state index >= 15 is 0 Å². The molecule has 0 spiro atoms. The Balaban J connectivity index is 3.51. The van der Waals surface area contributed by atoms with Crippen LogP contribution in [0.2, 0.25) is 0 Å². The van der Waals surface area contributed by atoms with E-state index in [9.17, 15) is 19.8 Å². The molecule has 0 aliphatic heterocycles. The average Bonchev–Trinajstić information content (AvgIpc) is 3.17. The smallest absolute Gasteiger partial charge is 0.305 e. The molecule has 6 nitrogen and oxygen atoms in total. The number of allylic oxidation sites excluding steroid dienone is 7. The van der Waals surface area contributed by atoms with Crippen LogP contribution in [-0.4, -0.2) is 47.6 Å². The van der Waals surface area contributed by atoms with Crippen molar-refractivity contribution in [3.63, 3.8) is 0 Å². The summed E-state index contributed by atoms with van der Waals surface area (Å²) in [5.41, 5.74) is 0. The van der Waals surface area contributed by atoms with Crippen molar-refractivity contribution in [3.05, 3.63) is 48.6 Å². The van der Waals surface area contributed by atoms with Gasteiger partial charge in [0.25, 0.3) is 0 Å². The number of carbonyl (C=O) groups excluding carboxylic acids is 2. The van der Waals surface area contributed by atoms with Gasteiger partial charge in [0.1, 0.15) is 19.3 Å². The number of esters is 2. The second kappa shape index (κ2) is 42.0. The quantitative estimate of drug-likeness (QED) is 0.0280. The zero-order chi connectivity index (χ0) is 39.6. The molecule has 6 heteroatoms. The minimum Gasteiger partial charge on any atom is -0.463 e. The topological polar surface area (TPSA) is 93.1 Å². The van der Waals surface area contributed by atoms with Gasteiger partial charge in [0.05, 0.1) is 6.10 Å². The van der Waals surface area contributed by atoms with Crippen LogP contribution in [0, 0.1) is 5.92 Å². The van der Waals surface area contributed by atoms with Gasteiger partial charge < -0.3 is 19.7 Å². The maximum Gasteiger partial charge on any atom is 0.305 e. The van der Waals surface area contributed by atoms with Crippen molar-refractivity contribution in [1.29, 1.82) is 0 Å². The summed E-state index contributed by atoms with van der Waals surface area (Å²) in [6, 6.07) is 0. The third-order valence-electron chi connectivity index (χ3n) is 10.2. The molecule has 0 aromatic carbocycles. The van der Waals surface area contributed by atoms with E-state index in [-0.39, 0.29) is 37.7 Å². The molecular formula is C48H86O6. The molecule has 0 radical (unpaired) electrons. The first-order valence-corrected chi connectivity index (χ1v) is 22.7. The summed E-state index contributed by atoms with van der Waals surface area (Å²) in [4.78, 5) is 24.0. The molecule has 54 heavy (non-hydrogen) atoms. The van der Waals surface area contributed by atoms with Crippen LogP contribution in [0.15, 0.2) is 48.6 Å². The van der Waals surface area contributed by atoms with Gasteiger partial charge in [-0.1, -0.05) is 211 Å². The van der Waals surface area contributed by atoms with Crippen molar-refractivity contribution in [2.45, 2.75) is 226 Å². The largest absolute Gasteiger partial charge is 0.463 e. The third-order valence-corrected chi connectivity index (χ3v) is 10.2. The molecule has 2 N–H and O–H groups in total. The molecule has 0 aliphatic rings. The van der Waals surface area contributed by atoms with Gasteiger partial charge in [-0.25, -0.2) is 0 Å². The summed E-state index contributed by atoms with van der Waals surface area (Å²) in [5.74, 6) is 0.262. The van der Waals surface area contributed by atoms with Gasteiger partial charge in [0, 0.05) is 12.8 Å². The normalized spacial score (nSPS) is 13.8. The summed E-state index contributed by atoms with van der Waals surface area (Å²) < 4.78 is 10.3. The lowest BCUT2D eigenvalue weighted by Gasteiger charge is -2.12. The highest BCUT2D eigenvalue weighted by Gasteiger charge is 2.12. The number of carbonyl (C=O) groups is 2. The molecule has 1 unspecified atom stereocenters. The summed E-state index contributed by atoms with van der Waals surface area (Å²) >= 11 is 0. The number of hydrogen-bond donors (Lipinski definition) is 2. The Morgan fingerprint density at radius 3 is 1.48 bits per heavy atom. The molecule has 0 fully saturated rings. The highest BCUT2D eigenvalue weighted by molar-refractivity contribution is 5.69. The number of ether oxygens (including phenoxy) is 2. The van der Waals surface area contributed by atoms with Crippen LogP contribution in [0.4, 0.5) is 0 Å². The van der Waals surface area contributed by atoms with Crippen molar-refractivity contribution in [2.75, 3.05) is 13.2 Å². The molecule has 0 amide bonds. The number of aliphatic hydroxyl groups is 2. The van der Waals surface area contributed by atoms with E-state index in [1.165, 1.54) is 116 Å². The molecule has 0 aromatic heterocycles. The lowest BCUT2D eigenvalue weighted by atomic mass is 9.99. The Labute approximate surface area is 333 Å². The second-order valence-corrected chi connectivity index (χ2v) is 15.6. The molecule has 0 saturated carbocycles. The predicted molar refractivity (Wildman–Crippen MR) is 230 cm³/mol. The van der Waals surface area contributed by atoms with Crippen molar-refractivity contribution < 1.29 is 29.3 Å². The van der Waals surface area contributed by atoms with Crippen LogP contribution >= 0.6 is 0 Å². The third kappa shape index (κ3) is 41.0. The number of hydrogen-bond acceptors (Lipinski definition) is 6. The fraction of sp³-hybridized carbons (Fsp3) is 0.792. The van der Waals surface area contributed by atoms with E-state index in [0.717, 1.165) is 63.7 Å². The molecule has 0 rings (SSSR count). The molecule has 0 heterocycles. The Morgan fingerprint density at radius 1 is 0.519 bits per heavy atom. The Bertz CT molecular complexity index is 937. The summed E-state index contributed by atoms with van der Waals surface area (Å²) in [5, 5.41) is 19.9. The van der Waals surface area contributed by atoms with E-state index in [1.54, 1.807) is 0 Å². The van der Waals surface area contributed by atoms with E-state index < -0.39 is 6.10 Å². The number of rotatable bonds is 40. The first kappa shape index (κ1) is 51.8. The van der Waals surface area contributed by atoms with Crippen molar-refractivity contribution in [2.24, 2.45) is 5.92 Å². The van der Waals surface area contributed by atoms with E-state index in [2.05, 4.69) is 51.2 Å². The van der Waals surface area contributed by atoms with Gasteiger partial charge in [0.15, 0.2) is 0 Å². The first-order valence-electron chi connectivity index (χ1n) is 22.7. The zero-order valence-corrected chi connectivity index (χ0v) is 35.5. The highest BCUT2D eigenvalue weighted by Crippen LogP contribution is 2.17. The van der Waals surface area contributed by atoms with Crippen LogP contribution < -0.4 is 0 Å². The fourth-order valence-electron chi connectivity index (χ4n) is 6.34. The summed E-state index contributed by atoms with van der Waals surface area (Å²) in [7, 11) is 0. The van der Waals surface area contributed by atoms with Gasteiger partial charge in [0.2, 0.25) is 0 Å². The van der Waals surface area contributed by atoms with Gasteiger partial charge in [-0.05, 0) is 44.4 Å². The molecule has 0 aromatic rings. The van der Waals surface area contributed by atoms with Crippen molar-refractivity contribution in [3.8, 4) is 0 Å². The minimum absolute atomic E-state index is 0.143. The van der Waals surface area contributed by atoms with Crippen molar-refractivity contribution >= 4 is 11.9 Å². The van der Waals surface area contributed by atoms with Gasteiger partial charge >= 0.3 is 11.9 Å². The first-order chi connectivity index (χ1) is 26.4. The molecule has 314 valence electrons. The zero-order valence-electron chi connectivity index (χ0n) is 35.5. The second-order valence-electron chi connectivity index (χ2n) is 15.6. The van der Waals surface area contributed by atoms with Gasteiger partial charge in [-0.3, -0.25) is 9.59 Å². The van der Waals surface area contributed by atoms with Crippen LogP contribution in [-0.2, 0) is 19.1 Å². The maximum absolute atomic E-state index is 12.0. The molecule has 0 bridgehead atoms. The number of unbranched alkanes of at least 4 members (excludes halogenated alkanes) is 20. The maximum atomic E-state index is 12.0. The predicted octanol–water partition coefficient (Wildman–Crippen LogP) is 13.4. The van der Waals surface area contributed by atoms with Gasteiger partial charge in [-0.2, -0.15) is 0 Å². The SMILES string of the molecule is CCCCC[C@@H](O)/C=C/C=C\C/C=C\C/C=C\CCCC(=O)OC[C@H](O)COC(=O)CCCCCCCCCCCCCCCCCCCCC(C)CC. The van der Waals surface area contributed by atoms with E-state index in [1.807, 2.05) is 18.2 Å². The lowest BCUT2D eigenvalue weighted by Crippen LogP contribution is -2.25.